The summed E-state index contributed by atoms with van der Waals surface area (Å²) in [6, 6.07) is 54.7. The minimum absolute atomic E-state index is 0.948. The standard InChI is InChI=1S/2C21H14N2/c2*1-2-8-14(9-3-1)19-15-10-4-6-12-17(15)22-21-20(19)16-11-5-7-13-18(16)23-21/h2*1-13H,(H,22,23). The number of benzene rings is 6. The van der Waals surface area contributed by atoms with E-state index < -0.39 is 0 Å². The number of H-pyrrole nitrogens is 2. The third kappa shape index (κ3) is 4.23. The Morgan fingerprint density at radius 3 is 1.11 bits per heavy atom. The van der Waals surface area contributed by atoms with E-state index in [2.05, 4.69) is 156 Å². The van der Waals surface area contributed by atoms with Crippen LogP contribution in [0.4, 0.5) is 0 Å². The van der Waals surface area contributed by atoms with Crippen molar-refractivity contribution in [2.24, 2.45) is 0 Å². The topological polar surface area (TPSA) is 57.4 Å². The SMILES string of the molecule is c1ccc(-c2c3ccccc3nc3[nH]c4ccccc4c23)cc1.c1ccc(-c2c3ccccc3nc3[nH]c4ccccc4c23)cc1. The summed E-state index contributed by atoms with van der Waals surface area (Å²) in [5.74, 6) is 0. The maximum absolute atomic E-state index is 4.85. The number of pyridine rings is 2. The molecule has 0 unspecified atom stereocenters. The largest absolute Gasteiger partial charge is 0.339 e. The lowest BCUT2D eigenvalue weighted by atomic mass is 9.96. The molecule has 4 aromatic heterocycles. The Hall–Kier alpha value is -6.26. The number of para-hydroxylation sites is 4. The smallest absolute Gasteiger partial charge is 0.139 e. The molecule has 0 radical (unpaired) electrons. The van der Waals surface area contributed by atoms with Gasteiger partial charge in [0.25, 0.3) is 0 Å². The zero-order valence-electron chi connectivity index (χ0n) is 24.9. The summed E-state index contributed by atoms with van der Waals surface area (Å²) in [5, 5.41) is 7.22. The number of hydrogen-bond acceptors (Lipinski definition) is 2. The Balaban J connectivity index is 0.000000127. The van der Waals surface area contributed by atoms with Gasteiger partial charge in [-0.05, 0) is 35.4 Å². The fraction of sp³-hybridized carbons (Fsp3) is 0. The van der Waals surface area contributed by atoms with Crippen LogP contribution in [0.1, 0.15) is 0 Å². The molecule has 2 N–H and O–H groups in total. The van der Waals surface area contributed by atoms with Crippen molar-refractivity contribution >= 4 is 65.7 Å². The fourth-order valence-corrected chi connectivity index (χ4v) is 6.81. The van der Waals surface area contributed by atoms with Gasteiger partial charge in [0.05, 0.1) is 11.0 Å². The molecule has 0 spiro atoms. The Kier molecular flexibility index (Phi) is 6.10. The molecule has 0 fully saturated rings. The Labute approximate surface area is 265 Å². The van der Waals surface area contributed by atoms with E-state index in [0.717, 1.165) is 33.4 Å². The molecule has 0 saturated carbocycles. The van der Waals surface area contributed by atoms with Crippen LogP contribution in [-0.4, -0.2) is 19.9 Å². The quantitative estimate of drug-likeness (QED) is 0.211. The molecular formula is C42H28N4. The van der Waals surface area contributed by atoms with Crippen molar-refractivity contribution < 1.29 is 0 Å². The van der Waals surface area contributed by atoms with Gasteiger partial charge in [0.15, 0.2) is 0 Å². The molecule has 216 valence electrons. The van der Waals surface area contributed by atoms with E-state index in [0.29, 0.717) is 0 Å². The summed E-state index contributed by atoms with van der Waals surface area (Å²) in [6.45, 7) is 0. The molecule has 0 amide bonds. The third-order valence-electron chi connectivity index (χ3n) is 8.81. The van der Waals surface area contributed by atoms with Gasteiger partial charge in [-0.1, -0.05) is 133 Å². The van der Waals surface area contributed by atoms with Gasteiger partial charge in [0.2, 0.25) is 0 Å². The lowest BCUT2D eigenvalue weighted by Gasteiger charge is -2.09. The minimum atomic E-state index is 0.948. The predicted octanol–water partition coefficient (Wildman–Crippen LogP) is 11.1. The number of rotatable bonds is 2. The molecule has 0 aliphatic carbocycles. The molecule has 10 aromatic rings. The lowest BCUT2D eigenvalue weighted by Crippen LogP contribution is -1.87. The number of hydrogen-bond donors (Lipinski definition) is 2. The molecule has 0 atom stereocenters. The Morgan fingerprint density at radius 2 is 0.674 bits per heavy atom. The zero-order chi connectivity index (χ0) is 30.5. The van der Waals surface area contributed by atoms with Crippen LogP contribution in [0.5, 0.6) is 0 Å². The van der Waals surface area contributed by atoms with Gasteiger partial charge in [-0.15, -0.1) is 0 Å². The van der Waals surface area contributed by atoms with Gasteiger partial charge in [-0.25, -0.2) is 9.97 Å². The lowest BCUT2D eigenvalue weighted by molar-refractivity contribution is 1.40. The fourth-order valence-electron chi connectivity index (χ4n) is 6.81. The molecule has 0 saturated heterocycles. The molecule has 0 aliphatic rings. The van der Waals surface area contributed by atoms with E-state index in [1.807, 2.05) is 12.1 Å². The number of nitrogens with one attached hydrogen (secondary N) is 2. The van der Waals surface area contributed by atoms with Crippen LogP contribution in [0.15, 0.2) is 158 Å². The van der Waals surface area contributed by atoms with E-state index in [9.17, 15) is 0 Å². The minimum Gasteiger partial charge on any atom is -0.339 e. The molecule has 4 heteroatoms. The average Bonchev–Trinajstić information content (AvgIpc) is 3.68. The first-order valence-electron chi connectivity index (χ1n) is 15.5. The molecule has 0 bridgehead atoms. The highest BCUT2D eigenvalue weighted by Gasteiger charge is 2.16. The number of fused-ring (bicyclic) bond motifs is 8. The van der Waals surface area contributed by atoms with Gasteiger partial charge in [0, 0.05) is 54.5 Å². The number of aromatic nitrogens is 4. The van der Waals surface area contributed by atoms with E-state index in [1.165, 1.54) is 54.6 Å². The highest BCUT2D eigenvalue weighted by Crippen LogP contribution is 2.40. The molecule has 10 rings (SSSR count). The molecular weight excluding hydrogens is 560 g/mol. The third-order valence-corrected chi connectivity index (χ3v) is 8.81. The van der Waals surface area contributed by atoms with Crippen molar-refractivity contribution in [2.75, 3.05) is 0 Å². The Morgan fingerprint density at radius 1 is 0.326 bits per heavy atom. The second-order valence-electron chi connectivity index (χ2n) is 11.5. The van der Waals surface area contributed by atoms with Gasteiger partial charge in [-0.2, -0.15) is 0 Å². The second-order valence-corrected chi connectivity index (χ2v) is 11.5. The normalized spacial score (nSPS) is 11.5. The van der Waals surface area contributed by atoms with Crippen LogP contribution < -0.4 is 0 Å². The summed E-state index contributed by atoms with van der Waals surface area (Å²) in [6.07, 6.45) is 0. The van der Waals surface area contributed by atoms with E-state index in [-0.39, 0.29) is 0 Å². The number of nitrogens with zero attached hydrogens (tertiary/aromatic N) is 2. The predicted molar refractivity (Wildman–Crippen MR) is 193 cm³/mol. The summed E-state index contributed by atoms with van der Waals surface area (Å²) in [7, 11) is 0. The summed E-state index contributed by atoms with van der Waals surface area (Å²) in [5.41, 5.74) is 11.1. The van der Waals surface area contributed by atoms with Crippen LogP contribution in [0.25, 0.3) is 87.9 Å². The van der Waals surface area contributed by atoms with Gasteiger partial charge in [0.1, 0.15) is 11.3 Å². The first kappa shape index (κ1) is 26.2. The average molecular weight is 589 g/mol. The molecule has 4 nitrogen and oxygen atoms in total. The van der Waals surface area contributed by atoms with Crippen molar-refractivity contribution in [3.63, 3.8) is 0 Å². The number of aromatic amines is 2. The van der Waals surface area contributed by atoms with Gasteiger partial charge >= 0.3 is 0 Å². The van der Waals surface area contributed by atoms with Crippen molar-refractivity contribution in [3.05, 3.63) is 158 Å². The van der Waals surface area contributed by atoms with E-state index in [1.54, 1.807) is 0 Å². The second kappa shape index (κ2) is 10.7. The summed E-state index contributed by atoms with van der Waals surface area (Å²) < 4.78 is 0. The molecule has 0 aliphatic heterocycles. The first-order chi connectivity index (χ1) is 22.8. The molecule has 46 heavy (non-hydrogen) atoms. The molecule has 4 heterocycles. The van der Waals surface area contributed by atoms with Crippen molar-refractivity contribution in [3.8, 4) is 22.3 Å². The molecule has 6 aromatic carbocycles. The van der Waals surface area contributed by atoms with Crippen LogP contribution >= 0.6 is 0 Å². The van der Waals surface area contributed by atoms with Crippen molar-refractivity contribution in [1.29, 1.82) is 0 Å². The summed E-state index contributed by atoms with van der Waals surface area (Å²) >= 11 is 0. The van der Waals surface area contributed by atoms with Crippen molar-refractivity contribution in [2.45, 2.75) is 0 Å². The van der Waals surface area contributed by atoms with Crippen LogP contribution in [0.2, 0.25) is 0 Å². The monoisotopic (exact) mass is 588 g/mol. The van der Waals surface area contributed by atoms with Gasteiger partial charge in [-0.3, -0.25) is 0 Å². The van der Waals surface area contributed by atoms with E-state index in [4.69, 9.17) is 9.97 Å². The highest BCUT2D eigenvalue weighted by molar-refractivity contribution is 6.20. The van der Waals surface area contributed by atoms with Crippen LogP contribution in [0.3, 0.4) is 0 Å². The highest BCUT2D eigenvalue weighted by atomic mass is 14.9. The summed E-state index contributed by atoms with van der Waals surface area (Å²) in [4.78, 5) is 16.6. The van der Waals surface area contributed by atoms with Crippen molar-refractivity contribution in [1.82, 2.24) is 19.9 Å². The zero-order valence-corrected chi connectivity index (χ0v) is 24.9. The Bertz CT molecular complexity index is 2500. The maximum atomic E-state index is 4.85. The van der Waals surface area contributed by atoms with E-state index >= 15 is 0 Å². The first-order valence-corrected chi connectivity index (χ1v) is 15.5. The maximum Gasteiger partial charge on any atom is 0.139 e. The van der Waals surface area contributed by atoms with Crippen LogP contribution in [-0.2, 0) is 0 Å². The van der Waals surface area contributed by atoms with Gasteiger partial charge < -0.3 is 9.97 Å². The van der Waals surface area contributed by atoms with Crippen LogP contribution in [0, 0.1) is 0 Å².